The second-order valence-electron chi connectivity index (χ2n) is 5.53. The molecule has 6 nitrogen and oxygen atoms in total. The monoisotopic (exact) mass is 340 g/mol. The topological polar surface area (TPSA) is 66.9 Å². The van der Waals surface area contributed by atoms with E-state index in [4.69, 9.17) is 4.74 Å². The molecule has 1 fully saturated rings. The van der Waals surface area contributed by atoms with Gasteiger partial charge >= 0.3 is 0 Å². The van der Waals surface area contributed by atoms with Crippen LogP contribution >= 0.6 is 0 Å². The second kappa shape index (κ2) is 7.79. The maximum Gasteiger partial charge on any atom is 0.222 e. The zero-order valence-corrected chi connectivity index (χ0v) is 14.5. The first kappa shape index (κ1) is 17.7. The minimum Gasteiger partial charge on any atom is -0.497 e. The zero-order valence-electron chi connectivity index (χ0n) is 13.7. The molecule has 1 aliphatic heterocycles. The van der Waals surface area contributed by atoms with Crippen LogP contribution in [0.4, 0.5) is 0 Å². The highest BCUT2D eigenvalue weighted by molar-refractivity contribution is 7.89. The van der Waals surface area contributed by atoms with Crippen LogP contribution in [0, 0.1) is 0 Å². The summed E-state index contributed by atoms with van der Waals surface area (Å²) in [7, 11) is -1.53. The molecule has 2 rings (SSSR count). The summed E-state index contributed by atoms with van der Waals surface area (Å²) >= 11 is 0. The third-order valence-electron chi connectivity index (χ3n) is 4.14. The largest absolute Gasteiger partial charge is 0.497 e. The van der Waals surface area contributed by atoms with Gasteiger partial charge in [0, 0.05) is 32.6 Å². The molecule has 0 unspecified atom stereocenters. The maximum atomic E-state index is 12.3. The van der Waals surface area contributed by atoms with Crippen molar-refractivity contribution in [3.05, 3.63) is 29.8 Å². The van der Waals surface area contributed by atoms with E-state index in [1.54, 1.807) is 18.9 Å². The maximum absolute atomic E-state index is 12.3. The predicted octanol–water partition coefficient (Wildman–Crippen LogP) is 1.12. The Hall–Kier alpha value is -1.60. The van der Waals surface area contributed by atoms with Crippen LogP contribution in [0.2, 0.25) is 0 Å². The zero-order chi connectivity index (χ0) is 16.9. The average Bonchev–Trinajstić information content (AvgIpc) is 2.60. The number of amides is 1. The number of carbonyl (C=O) groups is 1. The minimum atomic E-state index is -3.15. The van der Waals surface area contributed by atoms with E-state index in [0.717, 1.165) is 11.3 Å². The van der Waals surface area contributed by atoms with Crippen LogP contribution in [0.3, 0.4) is 0 Å². The molecule has 1 heterocycles. The van der Waals surface area contributed by atoms with Gasteiger partial charge in [0.25, 0.3) is 0 Å². The van der Waals surface area contributed by atoms with Crippen LogP contribution in [0.5, 0.6) is 5.75 Å². The molecule has 0 saturated carbocycles. The van der Waals surface area contributed by atoms with Gasteiger partial charge in [-0.3, -0.25) is 4.79 Å². The summed E-state index contributed by atoms with van der Waals surface area (Å²) in [5.74, 6) is 0.987. The fraction of sp³-hybridized carbons (Fsp3) is 0.562. The first-order valence-corrected chi connectivity index (χ1v) is 9.45. The van der Waals surface area contributed by atoms with Crippen LogP contribution in [0.15, 0.2) is 24.3 Å². The molecule has 0 atom stereocenters. The van der Waals surface area contributed by atoms with E-state index in [1.165, 1.54) is 4.31 Å². The molecule has 23 heavy (non-hydrogen) atoms. The standard InChI is InChI=1S/C16H24N2O4S/c1-3-23(20,21)18-12-10-17(11-13-18)16(19)9-6-14-4-7-15(22-2)8-5-14/h4-5,7-8H,3,6,9-13H2,1-2H3. The number of hydrogen-bond donors (Lipinski definition) is 0. The second-order valence-corrected chi connectivity index (χ2v) is 7.79. The molecule has 1 amide bonds. The Bertz CT molecular complexity index is 620. The predicted molar refractivity (Wildman–Crippen MR) is 88.9 cm³/mol. The molecule has 1 aromatic rings. The van der Waals surface area contributed by atoms with Crippen molar-refractivity contribution in [2.45, 2.75) is 19.8 Å². The summed E-state index contributed by atoms with van der Waals surface area (Å²) in [5, 5.41) is 0. The molecule has 0 radical (unpaired) electrons. The van der Waals surface area contributed by atoms with E-state index in [-0.39, 0.29) is 11.7 Å². The van der Waals surface area contributed by atoms with E-state index in [1.807, 2.05) is 24.3 Å². The first-order chi connectivity index (χ1) is 11.0. The number of carbonyl (C=O) groups excluding carboxylic acids is 1. The summed E-state index contributed by atoms with van der Waals surface area (Å²) in [5.41, 5.74) is 1.09. The van der Waals surface area contributed by atoms with Gasteiger partial charge in [0.15, 0.2) is 0 Å². The lowest BCUT2D eigenvalue weighted by molar-refractivity contribution is -0.132. The van der Waals surface area contributed by atoms with Crippen molar-refractivity contribution >= 4 is 15.9 Å². The van der Waals surface area contributed by atoms with Crippen molar-refractivity contribution < 1.29 is 17.9 Å². The molecule has 1 aliphatic rings. The van der Waals surface area contributed by atoms with E-state index in [2.05, 4.69) is 0 Å². The molecule has 0 aromatic heterocycles. The van der Waals surface area contributed by atoms with Gasteiger partial charge < -0.3 is 9.64 Å². The number of sulfonamides is 1. The van der Waals surface area contributed by atoms with Gasteiger partial charge in [-0.2, -0.15) is 4.31 Å². The quantitative estimate of drug-likeness (QED) is 0.778. The lowest BCUT2D eigenvalue weighted by atomic mass is 10.1. The molecule has 128 valence electrons. The Kier molecular flexibility index (Phi) is 6.01. The molecule has 0 bridgehead atoms. The smallest absolute Gasteiger partial charge is 0.222 e. The van der Waals surface area contributed by atoms with Crippen molar-refractivity contribution in [3.8, 4) is 5.75 Å². The van der Waals surface area contributed by atoms with Gasteiger partial charge in [0.2, 0.25) is 15.9 Å². The van der Waals surface area contributed by atoms with E-state index in [9.17, 15) is 13.2 Å². The van der Waals surface area contributed by atoms with Crippen LogP contribution in [-0.4, -0.2) is 62.6 Å². The van der Waals surface area contributed by atoms with Crippen LogP contribution < -0.4 is 4.74 Å². The van der Waals surface area contributed by atoms with Crippen LogP contribution in [-0.2, 0) is 21.2 Å². The third kappa shape index (κ3) is 4.68. The Morgan fingerprint density at radius 2 is 1.74 bits per heavy atom. The molecule has 1 aromatic carbocycles. The Morgan fingerprint density at radius 1 is 1.13 bits per heavy atom. The number of rotatable bonds is 6. The number of piperazine rings is 1. The van der Waals surface area contributed by atoms with Gasteiger partial charge in [-0.15, -0.1) is 0 Å². The summed E-state index contributed by atoms with van der Waals surface area (Å²) < 4.78 is 30.2. The highest BCUT2D eigenvalue weighted by Crippen LogP contribution is 2.14. The van der Waals surface area contributed by atoms with Gasteiger partial charge in [-0.05, 0) is 31.0 Å². The van der Waals surface area contributed by atoms with Gasteiger partial charge in [-0.1, -0.05) is 12.1 Å². The highest BCUT2D eigenvalue weighted by atomic mass is 32.2. The summed E-state index contributed by atoms with van der Waals surface area (Å²) in [6, 6.07) is 7.68. The molecule has 0 spiro atoms. The SMILES string of the molecule is CCS(=O)(=O)N1CCN(C(=O)CCc2ccc(OC)cc2)CC1. The molecular formula is C16H24N2O4S. The van der Waals surface area contributed by atoms with Crippen LogP contribution in [0.25, 0.3) is 0 Å². The Balaban J connectivity index is 1.81. The Labute approximate surface area is 138 Å². The van der Waals surface area contributed by atoms with Crippen molar-refractivity contribution in [1.29, 1.82) is 0 Å². The number of hydrogen-bond acceptors (Lipinski definition) is 4. The lowest BCUT2D eigenvalue weighted by Gasteiger charge is -2.33. The third-order valence-corrected chi connectivity index (χ3v) is 6.02. The van der Waals surface area contributed by atoms with Crippen molar-refractivity contribution in [3.63, 3.8) is 0 Å². The first-order valence-electron chi connectivity index (χ1n) is 7.85. The normalized spacial score (nSPS) is 16.3. The van der Waals surface area contributed by atoms with Gasteiger partial charge in [-0.25, -0.2) is 8.42 Å². The number of benzene rings is 1. The lowest BCUT2D eigenvalue weighted by Crippen LogP contribution is -2.50. The van der Waals surface area contributed by atoms with E-state index >= 15 is 0 Å². The summed E-state index contributed by atoms with van der Waals surface area (Å²) in [6.45, 7) is 3.37. The molecule has 1 saturated heterocycles. The fourth-order valence-electron chi connectivity index (χ4n) is 2.60. The summed E-state index contributed by atoms with van der Waals surface area (Å²) in [6.07, 6.45) is 1.11. The molecule has 0 N–H and O–H groups in total. The molecular weight excluding hydrogens is 316 g/mol. The Morgan fingerprint density at radius 3 is 2.26 bits per heavy atom. The number of ether oxygens (including phenoxy) is 1. The van der Waals surface area contributed by atoms with Gasteiger partial charge in [0.1, 0.15) is 5.75 Å². The summed E-state index contributed by atoms with van der Waals surface area (Å²) in [4.78, 5) is 14.0. The highest BCUT2D eigenvalue weighted by Gasteiger charge is 2.27. The van der Waals surface area contributed by atoms with E-state index < -0.39 is 10.0 Å². The van der Waals surface area contributed by atoms with E-state index in [0.29, 0.717) is 39.0 Å². The van der Waals surface area contributed by atoms with Crippen LogP contribution in [0.1, 0.15) is 18.9 Å². The van der Waals surface area contributed by atoms with Crippen molar-refractivity contribution in [2.75, 3.05) is 39.0 Å². The molecule has 7 heteroatoms. The minimum absolute atomic E-state index is 0.0781. The number of nitrogens with zero attached hydrogens (tertiary/aromatic N) is 2. The molecule has 0 aliphatic carbocycles. The average molecular weight is 340 g/mol. The fourth-order valence-corrected chi connectivity index (χ4v) is 3.68. The number of aryl methyl sites for hydroxylation is 1. The van der Waals surface area contributed by atoms with Gasteiger partial charge in [0.05, 0.1) is 12.9 Å². The van der Waals surface area contributed by atoms with Crippen molar-refractivity contribution in [1.82, 2.24) is 9.21 Å². The van der Waals surface area contributed by atoms with Crippen molar-refractivity contribution in [2.24, 2.45) is 0 Å². The number of methoxy groups -OCH3 is 1.